The minimum Gasteiger partial charge on any atom is -0.507 e. The summed E-state index contributed by atoms with van der Waals surface area (Å²) in [6.45, 7) is 3.23. The second kappa shape index (κ2) is 8.96. The molecule has 0 unspecified atom stereocenters. The predicted octanol–water partition coefficient (Wildman–Crippen LogP) is 3.40. The first-order chi connectivity index (χ1) is 13.2. The van der Waals surface area contributed by atoms with Gasteiger partial charge in [0.05, 0.1) is 22.6 Å². The zero-order valence-corrected chi connectivity index (χ0v) is 15.8. The summed E-state index contributed by atoms with van der Waals surface area (Å²) in [7, 11) is 0. The monoisotopic (exact) mass is 404 g/mol. The molecule has 9 nitrogen and oxygen atoms in total. The minimum atomic E-state index is -0.686. The largest absolute Gasteiger partial charge is 0.507 e. The van der Waals surface area contributed by atoms with Gasteiger partial charge in [0.15, 0.2) is 0 Å². The van der Waals surface area contributed by atoms with E-state index < -0.39 is 16.7 Å². The molecule has 2 amide bonds. The number of hydrazone groups is 1. The number of carbonyl (C=O) groups excluding carboxylic acids is 2. The average Bonchev–Trinajstić information content (AvgIpc) is 2.63. The van der Waals surface area contributed by atoms with Gasteiger partial charge < -0.3 is 10.4 Å². The highest BCUT2D eigenvalue weighted by Crippen LogP contribution is 2.22. The third-order valence-electron chi connectivity index (χ3n) is 3.67. The van der Waals surface area contributed by atoms with Crippen molar-refractivity contribution in [3.8, 4) is 5.75 Å². The first-order valence-corrected chi connectivity index (χ1v) is 8.42. The Bertz CT molecular complexity index is 974. The first kappa shape index (κ1) is 20.8. The fourth-order valence-electron chi connectivity index (χ4n) is 2.22. The molecule has 0 fully saturated rings. The number of phenolic OH excluding ortho intramolecular Hbond substituents is 1. The van der Waals surface area contributed by atoms with E-state index in [2.05, 4.69) is 15.8 Å². The van der Waals surface area contributed by atoms with Gasteiger partial charge >= 0.3 is 0 Å². The Hall–Kier alpha value is -3.46. The number of nitro benzene ring substituents is 1. The number of amides is 2. The van der Waals surface area contributed by atoms with Crippen LogP contribution in [0.4, 0.5) is 11.4 Å². The van der Waals surface area contributed by atoms with Crippen LogP contribution in [0.5, 0.6) is 5.75 Å². The lowest BCUT2D eigenvalue weighted by Crippen LogP contribution is -2.21. The van der Waals surface area contributed by atoms with E-state index in [0.717, 1.165) is 0 Å². The van der Waals surface area contributed by atoms with Crippen molar-refractivity contribution in [2.24, 2.45) is 5.10 Å². The van der Waals surface area contributed by atoms with Crippen molar-refractivity contribution in [3.63, 3.8) is 0 Å². The number of non-ortho nitro benzene ring substituents is 1. The Kier molecular flexibility index (Phi) is 6.67. The molecule has 0 saturated carbocycles. The van der Waals surface area contributed by atoms with E-state index >= 15 is 0 Å². The second-order valence-electron chi connectivity index (χ2n) is 5.93. The maximum Gasteiger partial charge on any atom is 0.275 e. The van der Waals surface area contributed by atoms with Gasteiger partial charge in [0.25, 0.3) is 11.6 Å². The number of nitro groups is 1. The molecular formula is C18H17ClN4O5. The van der Waals surface area contributed by atoms with E-state index in [1.807, 2.05) is 0 Å². The molecule has 0 atom stereocenters. The molecule has 10 heteroatoms. The van der Waals surface area contributed by atoms with Crippen LogP contribution in [0.1, 0.15) is 29.3 Å². The van der Waals surface area contributed by atoms with Gasteiger partial charge in [0.2, 0.25) is 5.91 Å². The standard InChI is InChI=1S/C18H17ClN4O5/c1-10-3-5-13(23(27)28)9-15(10)20-17(25)7-11(2)21-22-18(26)14-8-12(19)4-6-16(14)24/h3-6,8-9,24H,7H2,1-2H3,(H,20,25)(H,22,26)/b21-11-. The van der Waals surface area contributed by atoms with Gasteiger partial charge in [-0.05, 0) is 37.6 Å². The van der Waals surface area contributed by atoms with Gasteiger partial charge in [-0.2, -0.15) is 5.10 Å². The van der Waals surface area contributed by atoms with E-state index in [-0.39, 0.29) is 34.2 Å². The topological polar surface area (TPSA) is 134 Å². The SMILES string of the molecule is C/C(CC(=O)Nc1cc([N+](=O)[O-])ccc1C)=N/NC(=O)c1cc(Cl)ccc1O. The maximum absolute atomic E-state index is 12.1. The molecule has 2 rings (SSSR count). The van der Waals surface area contributed by atoms with Crippen LogP contribution in [-0.4, -0.2) is 27.6 Å². The summed E-state index contributed by atoms with van der Waals surface area (Å²) in [5.74, 6) is -1.40. The molecule has 3 N–H and O–H groups in total. The number of phenols is 1. The average molecular weight is 405 g/mol. The van der Waals surface area contributed by atoms with E-state index in [1.54, 1.807) is 6.92 Å². The van der Waals surface area contributed by atoms with Crippen molar-refractivity contribution < 1.29 is 19.6 Å². The first-order valence-electron chi connectivity index (χ1n) is 8.04. The maximum atomic E-state index is 12.1. The van der Waals surface area contributed by atoms with Gasteiger partial charge in [-0.15, -0.1) is 0 Å². The van der Waals surface area contributed by atoms with Crippen LogP contribution in [0.25, 0.3) is 0 Å². The van der Waals surface area contributed by atoms with Crippen molar-refractivity contribution >= 4 is 40.5 Å². The van der Waals surface area contributed by atoms with Crippen molar-refractivity contribution in [3.05, 3.63) is 62.7 Å². The number of halogens is 1. The molecule has 0 spiro atoms. The third kappa shape index (κ3) is 5.52. The van der Waals surface area contributed by atoms with Crippen LogP contribution in [0.15, 0.2) is 41.5 Å². The van der Waals surface area contributed by atoms with Crippen LogP contribution >= 0.6 is 11.6 Å². The second-order valence-corrected chi connectivity index (χ2v) is 6.37. The quantitative estimate of drug-likeness (QED) is 0.385. The highest BCUT2D eigenvalue weighted by atomic mass is 35.5. The highest BCUT2D eigenvalue weighted by Gasteiger charge is 2.13. The fourth-order valence-corrected chi connectivity index (χ4v) is 2.39. The van der Waals surface area contributed by atoms with Crippen LogP contribution in [0.2, 0.25) is 5.02 Å². The molecule has 2 aromatic rings. The Morgan fingerprint density at radius 2 is 1.96 bits per heavy atom. The molecule has 0 aliphatic carbocycles. The zero-order chi connectivity index (χ0) is 20.8. The van der Waals surface area contributed by atoms with E-state index in [1.165, 1.54) is 43.3 Å². The molecule has 0 aliphatic heterocycles. The fraction of sp³-hybridized carbons (Fsp3) is 0.167. The van der Waals surface area contributed by atoms with Crippen LogP contribution in [0, 0.1) is 17.0 Å². The smallest absolute Gasteiger partial charge is 0.275 e. The van der Waals surface area contributed by atoms with Crippen LogP contribution in [0.3, 0.4) is 0 Å². The lowest BCUT2D eigenvalue weighted by molar-refractivity contribution is -0.384. The predicted molar refractivity (Wildman–Crippen MR) is 105 cm³/mol. The number of rotatable bonds is 6. The number of benzene rings is 2. The van der Waals surface area contributed by atoms with Gasteiger partial charge in [-0.3, -0.25) is 19.7 Å². The van der Waals surface area contributed by atoms with E-state index in [4.69, 9.17) is 11.6 Å². The zero-order valence-electron chi connectivity index (χ0n) is 15.0. The van der Waals surface area contributed by atoms with Crippen molar-refractivity contribution in [2.45, 2.75) is 20.3 Å². The van der Waals surface area contributed by atoms with Crippen LogP contribution in [-0.2, 0) is 4.79 Å². The number of nitrogens with zero attached hydrogens (tertiary/aromatic N) is 2. The lowest BCUT2D eigenvalue weighted by Gasteiger charge is -2.08. The van der Waals surface area contributed by atoms with E-state index in [0.29, 0.717) is 11.3 Å². The molecule has 0 aromatic heterocycles. The summed E-state index contributed by atoms with van der Waals surface area (Å²) >= 11 is 5.79. The van der Waals surface area contributed by atoms with Gasteiger partial charge in [-0.25, -0.2) is 5.43 Å². The molecule has 0 aliphatic rings. The molecular weight excluding hydrogens is 388 g/mol. The van der Waals surface area contributed by atoms with E-state index in [9.17, 15) is 24.8 Å². The Labute approximate surface area is 165 Å². The number of anilines is 1. The summed E-state index contributed by atoms with van der Waals surface area (Å²) in [6.07, 6.45) is -0.149. The summed E-state index contributed by atoms with van der Waals surface area (Å²) < 4.78 is 0. The summed E-state index contributed by atoms with van der Waals surface area (Å²) in [5, 5.41) is 27.2. The molecule has 2 aromatic carbocycles. The van der Waals surface area contributed by atoms with Crippen molar-refractivity contribution in [2.75, 3.05) is 5.32 Å². The normalized spacial score (nSPS) is 11.0. The van der Waals surface area contributed by atoms with Gasteiger partial charge in [0, 0.05) is 22.9 Å². The lowest BCUT2D eigenvalue weighted by atomic mass is 10.1. The number of nitrogens with one attached hydrogen (secondary N) is 2. The summed E-state index contributed by atoms with van der Waals surface area (Å²) in [5.41, 5.74) is 3.31. The molecule has 28 heavy (non-hydrogen) atoms. The number of hydrogen-bond donors (Lipinski definition) is 3. The molecule has 0 saturated heterocycles. The number of hydrogen-bond acceptors (Lipinski definition) is 6. The van der Waals surface area contributed by atoms with Crippen molar-refractivity contribution in [1.82, 2.24) is 5.43 Å². The Morgan fingerprint density at radius 3 is 2.64 bits per heavy atom. The number of aromatic hydroxyl groups is 1. The number of aryl methyl sites for hydroxylation is 1. The van der Waals surface area contributed by atoms with Crippen molar-refractivity contribution in [1.29, 1.82) is 0 Å². The molecule has 0 radical (unpaired) electrons. The third-order valence-corrected chi connectivity index (χ3v) is 3.91. The Balaban J connectivity index is 2.00. The highest BCUT2D eigenvalue weighted by molar-refractivity contribution is 6.31. The summed E-state index contributed by atoms with van der Waals surface area (Å²) in [6, 6.07) is 8.15. The van der Waals surface area contributed by atoms with Crippen LogP contribution < -0.4 is 10.7 Å². The molecule has 0 bridgehead atoms. The molecule has 0 heterocycles. The molecule has 146 valence electrons. The minimum absolute atomic E-state index is 0.0549. The summed E-state index contributed by atoms with van der Waals surface area (Å²) in [4.78, 5) is 34.5. The number of carbonyl (C=O) groups is 2. The van der Waals surface area contributed by atoms with Gasteiger partial charge in [-0.1, -0.05) is 17.7 Å². The van der Waals surface area contributed by atoms with Gasteiger partial charge in [0.1, 0.15) is 5.75 Å². The Morgan fingerprint density at radius 1 is 1.25 bits per heavy atom.